The summed E-state index contributed by atoms with van der Waals surface area (Å²) in [5, 5.41) is 3.23. The van der Waals surface area contributed by atoms with E-state index in [9.17, 15) is 9.59 Å². The Balaban J connectivity index is 1.76. The summed E-state index contributed by atoms with van der Waals surface area (Å²) in [6.45, 7) is 0.0492. The van der Waals surface area contributed by atoms with Gasteiger partial charge in [0.15, 0.2) is 11.5 Å². The minimum absolute atomic E-state index is 0.149. The van der Waals surface area contributed by atoms with Crippen LogP contribution in [0.4, 0.5) is 0 Å². The number of hydrogen-bond acceptors (Lipinski definition) is 6. The number of carbonyl (C=O) groups excluding carboxylic acids is 1. The zero-order valence-corrected chi connectivity index (χ0v) is 17.8. The summed E-state index contributed by atoms with van der Waals surface area (Å²) in [6, 6.07) is 8.67. The molecule has 0 radical (unpaired) electrons. The van der Waals surface area contributed by atoms with E-state index >= 15 is 0 Å². The lowest BCUT2D eigenvalue weighted by molar-refractivity contribution is -0.121. The van der Waals surface area contributed by atoms with E-state index in [4.69, 9.17) is 14.2 Å². The Morgan fingerprint density at radius 3 is 2.45 bits per heavy atom. The molecule has 0 spiro atoms. The molecule has 0 fully saturated rings. The monoisotopic (exact) mass is 461 g/mol. The van der Waals surface area contributed by atoms with E-state index < -0.39 is 0 Å². The van der Waals surface area contributed by atoms with Crippen LogP contribution >= 0.6 is 15.9 Å². The van der Waals surface area contributed by atoms with Crippen molar-refractivity contribution >= 4 is 32.7 Å². The number of benzene rings is 2. The van der Waals surface area contributed by atoms with E-state index in [0.717, 1.165) is 4.47 Å². The highest BCUT2D eigenvalue weighted by Crippen LogP contribution is 2.34. The van der Waals surface area contributed by atoms with Gasteiger partial charge in [-0.15, -0.1) is 0 Å². The molecule has 8 nitrogen and oxygen atoms in total. The average Bonchev–Trinajstić information content (AvgIpc) is 2.73. The highest BCUT2D eigenvalue weighted by molar-refractivity contribution is 9.10. The Morgan fingerprint density at radius 1 is 1.07 bits per heavy atom. The van der Waals surface area contributed by atoms with Gasteiger partial charge in [-0.3, -0.25) is 14.2 Å². The molecular formula is C20H20BrN3O5. The lowest BCUT2D eigenvalue weighted by Crippen LogP contribution is -2.32. The molecule has 0 saturated heterocycles. The van der Waals surface area contributed by atoms with Gasteiger partial charge in [0, 0.05) is 22.6 Å². The molecule has 0 unspecified atom stereocenters. The number of methoxy groups -OCH3 is 3. The summed E-state index contributed by atoms with van der Waals surface area (Å²) in [6.07, 6.45) is 1.37. The van der Waals surface area contributed by atoms with Gasteiger partial charge < -0.3 is 19.5 Å². The van der Waals surface area contributed by atoms with Crippen molar-refractivity contribution in [2.45, 2.75) is 13.1 Å². The van der Waals surface area contributed by atoms with E-state index in [0.29, 0.717) is 33.7 Å². The zero-order valence-electron chi connectivity index (χ0n) is 16.2. The third-order valence-corrected chi connectivity index (χ3v) is 4.86. The van der Waals surface area contributed by atoms with E-state index in [2.05, 4.69) is 26.2 Å². The van der Waals surface area contributed by atoms with Gasteiger partial charge in [0.25, 0.3) is 5.56 Å². The Kier molecular flexibility index (Phi) is 6.38. The summed E-state index contributed by atoms with van der Waals surface area (Å²) >= 11 is 3.34. The van der Waals surface area contributed by atoms with Crippen molar-refractivity contribution in [3.8, 4) is 17.2 Å². The fourth-order valence-corrected chi connectivity index (χ4v) is 3.24. The van der Waals surface area contributed by atoms with Gasteiger partial charge in [0.05, 0.1) is 38.6 Å². The predicted octanol–water partition coefficient (Wildman–Crippen LogP) is 2.50. The number of ether oxygens (including phenoxy) is 3. The smallest absolute Gasteiger partial charge is 0.261 e. The molecule has 0 bridgehead atoms. The molecule has 9 heteroatoms. The normalized spacial score (nSPS) is 10.6. The standard InChI is InChI=1S/C20H20BrN3O5/c1-27-16-8-18(29-3)17(28-2)6-12(16)9-22-19(25)10-24-11-23-15-5-4-13(21)7-14(15)20(24)26/h4-8,11H,9-10H2,1-3H3,(H,22,25). The van der Waals surface area contributed by atoms with Crippen molar-refractivity contribution in [3.05, 3.63) is 57.0 Å². The van der Waals surface area contributed by atoms with Gasteiger partial charge in [-0.1, -0.05) is 15.9 Å². The third kappa shape index (κ3) is 4.51. The van der Waals surface area contributed by atoms with E-state index in [-0.39, 0.29) is 24.6 Å². The van der Waals surface area contributed by atoms with Crippen molar-refractivity contribution in [1.82, 2.24) is 14.9 Å². The number of carbonyl (C=O) groups is 1. The van der Waals surface area contributed by atoms with Crippen LogP contribution in [-0.4, -0.2) is 36.8 Å². The van der Waals surface area contributed by atoms with Gasteiger partial charge in [-0.05, 0) is 24.3 Å². The van der Waals surface area contributed by atoms with Gasteiger partial charge in [0.2, 0.25) is 5.91 Å². The van der Waals surface area contributed by atoms with Gasteiger partial charge in [0.1, 0.15) is 12.3 Å². The molecule has 29 heavy (non-hydrogen) atoms. The summed E-state index contributed by atoms with van der Waals surface area (Å²) in [4.78, 5) is 29.3. The number of nitrogens with one attached hydrogen (secondary N) is 1. The van der Waals surface area contributed by atoms with Crippen LogP contribution in [0.2, 0.25) is 0 Å². The highest BCUT2D eigenvalue weighted by atomic mass is 79.9. The number of halogens is 1. The van der Waals surface area contributed by atoms with Gasteiger partial charge in [-0.25, -0.2) is 4.98 Å². The van der Waals surface area contributed by atoms with Crippen molar-refractivity contribution in [1.29, 1.82) is 0 Å². The van der Waals surface area contributed by atoms with Gasteiger partial charge >= 0.3 is 0 Å². The molecule has 0 aliphatic carbocycles. The van der Waals surface area contributed by atoms with Crippen LogP contribution in [0, 0.1) is 0 Å². The first-order chi connectivity index (χ1) is 14.0. The Labute approximate surface area is 175 Å². The maximum atomic E-state index is 12.6. The maximum absolute atomic E-state index is 12.6. The lowest BCUT2D eigenvalue weighted by Gasteiger charge is -2.15. The second kappa shape index (κ2) is 8.95. The first kappa shape index (κ1) is 20.7. The van der Waals surface area contributed by atoms with Crippen molar-refractivity contribution in [3.63, 3.8) is 0 Å². The molecule has 0 aliphatic rings. The van der Waals surface area contributed by atoms with Crippen LogP contribution in [0.5, 0.6) is 17.2 Å². The molecule has 1 N–H and O–H groups in total. The second-order valence-electron chi connectivity index (χ2n) is 6.13. The molecule has 0 saturated carbocycles. The quantitative estimate of drug-likeness (QED) is 0.580. The third-order valence-electron chi connectivity index (χ3n) is 4.36. The minimum Gasteiger partial charge on any atom is -0.496 e. The lowest BCUT2D eigenvalue weighted by atomic mass is 10.1. The summed E-state index contributed by atoms with van der Waals surface area (Å²) < 4.78 is 18.0. The Bertz CT molecular complexity index is 1110. The summed E-state index contributed by atoms with van der Waals surface area (Å²) in [5.74, 6) is 1.27. The SMILES string of the molecule is COc1cc(OC)c(OC)cc1CNC(=O)Cn1cnc2ccc(Br)cc2c1=O. The first-order valence-corrected chi connectivity index (χ1v) is 9.46. The number of rotatable bonds is 7. The van der Waals surface area contributed by atoms with E-state index in [1.807, 2.05) is 6.07 Å². The van der Waals surface area contributed by atoms with Crippen LogP contribution in [0.25, 0.3) is 10.9 Å². The van der Waals surface area contributed by atoms with E-state index in [1.54, 1.807) is 24.3 Å². The zero-order chi connectivity index (χ0) is 21.0. The minimum atomic E-state index is -0.333. The Hall–Kier alpha value is -3.07. The molecule has 3 aromatic rings. The van der Waals surface area contributed by atoms with Crippen LogP contribution in [0.3, 0.4) is 0 Å². The molecule has 1 heterocycles. The summed E-state index contributed by atoms with van der Waals surface area (Å²) in [7, 11) is 4.60. The highest BCUT2D eigenvalue weighted by Gasteiger charge is 2.14. The number of aromatic nitrogens is 2. The van der Waals surface area contributed by atoms with Crippen LogP contribution in [0.1, 0.15) is 5.56 Å². The fraction of sp³-hybridized carbons (Fsp3) is 0.250. The van der Waals surface area contributed by atoms with Gasteiger partial charge in [-0.2, -0.15) is 0 Å². The predicted molar refractivity (Wildman–Crippen MR) is 112 cm³/mol. The average molecular weight is 462 g/mol. The van der Waals surface area contributed by atoms with Crippen molar-refractivity contribution in [2.75, 3.05) is 21.3 Å². The molecule has 2 aromatic carbocycles. The molecule has 1 aromatic heterocycles. The first-order valence-electron chi connectivity index (χ1n) is 8.67. The van der Waals surface area contributed by atoms with E-state index in [1.165, 1.54) is 32.2 Å². The van der Waals surface area contributed by atoms with Crippen molar-refractivity contribution < 1.29 is 19.0 Å². The molecule has 0 aliphatic heterocycles. The van der Waals surface area contributed by atoms with Crippen molar-refractivity contribution in [2.24, 2.45) is 0 Å². The fourth-order valence-electron chi connectivity index (χ4n) is 2.88. The second-order valence-corrected chi connectivity index (χ2v) is 7.05. The molecule has 3 rings (SSSR count). The summed E-state index contributed by atoms with van der Waals surface area (Å²) in [5.41, 5.74) is 1.01. The molecular weight excluding hydrogens is 442 g/mol. The number of fused-ring (bicyclic) bond motifs is 1. The maximum Gasteiger partial charge on any atom is 0.261 e. The number of amides is 1. The largest absolute Gasteiger partial charge is 0.496 e. The Morgan fingerprint density at radius 2 is 1.76 bits per heavy atom. The molecule has 1 amide bonds. The number of nitrogens with zero attached hydrogens (tertiary/aromatic N) is 2. The van der Waals surface area contributed by atoms with Crippen LogP contribution in [-0.2, 0) is 17.9 Å². The van der Waals surface area contributed by atoms with Crippen LogP contribution in [0.15, 0.2) is 45.9 Å². The number of hydrogen-bond donors (Lipinski definition) is 1. The topological polar surface area (TPSA) is 91.7 Å². The van der Waals surface area contributed by atoms with Crippen LogP contribution < -0.4 is 25.1 Å². The molecule has 152 valence electrons. The molecule has 0 atom stereocenters.